The molecule has 1 aromatic carbocycles. The smallest absolute Gasteiger partial charge is 0.306 e. The van der Waals surface area contributed by atoms with E-state index in [-0.39, 0.29) is 5.92 Å². The van der Waals surface area contributed by atoms with Gasteiger partial charge in [0.25, 0.3) is 0 Å². The molecular formula is C13H20O2. The second kappa shape index (κ2) is 8.04. The van der Waals surface area contributed by atoms with Gasteiger partial charge >= 0.3 is 5.97 Å². The molecule has 0 saturated carbocycles. The van der Waals surface area contributed by atoms with Crippen LogP contribution in [-0.4, -0.2) is 11.1 Å². The zero-order valence-electron chi connectivity index (χ0n) is 9.73. The zero-order valence-corrected chi connectivity index (χ0v) is 9.73. The molecule has 0 aliphatic heterocycles. The van der Waals surface area contributed by atoms with Gasteiger partial charge in [-0.3, -0.25) is 4.79 Å². The van der Waals surface area contributed by atoms with Crippen LogP contribution in [0, 0.1) is 12.8 Å². The normalized spacial score (nSPS) is 9.33. The highest BCUT2D eigenvalue weighted by Gasteiger charge is 2.10. The number of carboxylic acid groups (broad SMARTS) is 1. The van der Waals surface area contributed by atoms with Gasteiger partial charge in [0.1, 0.15) is 0 Å². The summed E-state index contributed by atoms with van der Waals surface area (Å²) in [4.78, 5) is 10.2. The lowest BCUT2D eigenvalue weighted by Crippen LogP contribution is -2.10. The van der Waals surface area contributed by atoms with Crippen molar-refractivity contribution >= 4 is 5.97 Å². The van der Waals surface area contributed by atoms with Crippen LogP contribution >= 0.6 is 0 Å². The van der Waals surface area contributed by atoms with E-state index in [9.17, 15) is 4.79 Å². The van der Waals surface area contributed by atoms with Crippen molar-refractivity contribution in [3.05, 3.63) is 35.9 Å². The Bertz CT molecular complexity index is 263. The predicted octanol–water partition coefficient (Wildman–Crippen LogP) is 3.50. The van der Waals surface area contributed by atoms with Gasteiger partial charge in [0, 0.05) is 0 Å². The molecule has 0 spiro atoms. The second-order valence-corrected chi connectivity index (χ2v) is 3.51. The van der Waals surface area contributed by atoms with Gasteiger partial charge in [0.2, 0.25) is 0 Å². The van der Waals surface area contributed by atoms with Crippen molar-refractivity contribution in [2.45, 2.75) is 33.6 Å². The molecule has 0 fully saturated rings. The molecule has 1 rings (SSSR count). The Labute approximate surface area is 91.9 Å². The third kappa shape index (κ3) is 6.72. The molecule has 2 heteroatoms. The maximum atomic E-state index is 10.2. The van der Waals surface area contributed by atoms with E-state index in [1.165, 1.54) is 5.56 Å². The Morgan fingerprint density at radius 3 is 1.80 bits per heavy atom. The van der Waals surface area contributed by atoms with Crippen LogP contribution in [-0.2, 0) is 4.79 Å². The lowest BCUT2D eigenvalue weighted by atomic mass is 10.1. The van der Waals surface area contributed by atoms with Gasteiger partial charge in [-0.05, 0) is 19.8 Å². The highest BCUT2D eigenvalue weighted by Crippen LogP contribution is 2.05. The summed E-state index contributed by atoms with van der Waals surface area (Å²) in [5.74, 6) is -0.801. The lowest BCUT2D eigenvalue weighted by molar-refractivity contribution is -0.141. The van der Waals surface area contributed by atoms with Crippen LogP contribution in [0.15, 0.2) is 30.3 Å². The summed E-state index contributed by atoms with van der Waals surface area (Å²) >= 11 is 0. The van der Waals surface area contributed by atoms with Gasteiger partial charge in [-0.1, -0.05) is 49.7 Å². The zero-order chi connectivity index (χ0) is 11.7. The van der Waals surface area contributed by atoms with Crippen LogP contribution in [0.25, 0.3) is 0 Å². The molecular weight excluding hydrogens is 188 g/mol. The van der Waals surface area contributed by atoms with Crippen molar-refractivity contribution in [2.24, 2.45) is 5.92 Å². The summed E-state index contributed by atoms with van der Waals surface area (Å²) < 4.78 is 0. The van der Waals surface area contributed by atoms with Crippen molar-refractivity contribution in [3.63, 3.8) is 0 Å². The molecule has 0 atom stereocenters. The molecule has 0 heterocycles. The third-order valence-corrected chi connectivity index (χ3v) is 2.28. The molecule has 0 unspecified atom stereocenters. The molecule has 0 aliphatic rings. The molecule has 0 aromatic heterocycles. The molecule has 84 valence electrons. The largest absolute Gasteiger partial charge is 0.481 e. The predicted molar refractivity (Wildman–Crippen MR) is 62.9 cm³/mol. The van der Waals surface area contributed by atoms with Crippen molar-refractivity contribution < 1.29 is 9.90 Å². The SMILES string of the molecule is CCC(CC)C(=O)O.Cc1ccccc1. The van der Waals surface area contributed by atoms with E-state index < -0.39 is 5.97 Å². The fraction of sp³-hybridized carbons (Fsp3) is 0.462. The van der Waals surface area contributed by atoms with E-state index in [2.05, 4.69) is 19.1 Å². The Morgan fingerprint density at radius 1 is 1.20 bits per heavy atom. The molecule has 0 aliphatic carbocycles. The number of carbonyl (C=O) groups is 1. The van der Waals surface area contributed by atoms with Gasteiger partial charge in [0.15, 0.2) is 0 Å². The fourth-order valence-electron chi connectivity index (χ4n) is 1.17. The van der Waals surface area contributed by atoms with Crippen molar-refractivity contribution in [1.82, 2.24) is 0 Å². The standard InChI is InChI=1S/C7H8.C6H12O2/c1-7-5-3-2-4-6-7;1-3-5(4-2)6(7)8/h2-6H,1H3;5H,3-4H2,1-2H3,(H,7,8). The maximum absolute atomic E-state index is 10.2. The first kappa shape index (κ1) is 13.7. The molecule has 0 amide bonds. The van der Waals surface area contributed by atoms with E-state index in [0.29, 0.717) is 0 Å². The van der Waals surface area contributed by atoms with E-state index in [0.717, 1.165) is 12.8 Å². The Kier molecular flexibility index (Phi) is 7.33. The third-order valence-electron chi connectivity index (χ3n) is 2.28. The van der Waals surface area contributed by atoms with Crippen LogP contribution < -0.4 is 0 Å². The first-order valence-corrected chi connectivity index (χ1v) is 5.36. The van der Waals surface area contributed by atoms with Gasteiger partial charge in [-0.25, -0.2) is 0 Å². The number of hydrogen-bond acceptors (Lipinski definition) is 1. The van der Waals surface area contributed by atoms with Crippen LogP contribution in [0.4, 0.5) is 0 Å². The minimum atomic E-state index is -0.671. The van der Waals surface area contributed by atoms with Gasteiger partial charge in [-0.15, -0.1) is 0 Å². The van der Waals surface area contributed by atoms with Gasteiger partial charge in [0.05, 0.1) is 5.92 Å². The summed E-state index contributed by atoms with van der Waals surface area (Å²) in [6.07, 6.45) is 1.48. The van der Waals surface area contributed by atoms with Crippen molar-refractivity contribution in [1.29, 1.82) is 0 Å². The molecule has 1 aromatic rings. The highest BCUT2D eigenvalue weighted by molar-refractivity contribution is 5.69. The summed E-state index contributed by atoms with van der Waals surface area (Å²) in [5.41, 5.74) is 1.32. The number of benzene rings is 1. The van der Waals surface area contributed by atoms with E-state index in [1.807, 2.05) is 32.0 Å². The number of carboxylic acids is 1. The Morgan fingerprint density at radius 2 is 1.67 bits per heavy atom. The van der Waals surface area contributed by atoms with Crippen molar-refractivity contribution in [3.8, 4) is 0 Å². The summed E-state index contributed by atoms with van der Waals surface area (Å²) in [6.45, 7) is 5.87. The monoisotopic (exact) mass is 208 g/mol. The number of rotatable bonds is 3. The average molecular weight is 208 g/mol. The summed E-state index contributed by atoms with van der Waals surface area (Å²) in [6, 6.07) is 10.3. The van der Waals surface area contributed by atoms with E-state index in [1.54, 1.807) is 0 Å². The molecule has 0 saturated heterocycles. The highest BCUT2D eigenvalue weighted by atomic mass is 16.4. The van der Waals surface area contributed by atoms with Gasteiger partial charge < -0.3 is 5.11 Å². The summed E-state index contributed by atoms with van der Waals surface area (Å²) in [7, 11) is 0. The molecule has 0 radical (unpaired) electrons. The summed E-state index contributed by atoms with van der Waals surface area (Å²) in [5, 5.41) is 8.37. The minimum absolute atomic E-state index is 0.130. The van der Waals surface area contributed by atoms with Crippen LogP contribution in [0.1, 0.15) is 32.3 Å². The first-order chi connectivity index (χ1) is 7.11. The molecule has 2 nitrogen and oxygen atoms in total. The molecule has 15 heavy (non-hydrogen) atoms. The van der Waals surface area contributed by atoms with E-state index >= 15 is 0 Å². The number of aliphatic carboxylic acids is 1. The van der Waals surface area contributed by atoms with Crippen LogP contribution in [0.2, 0.25) is 0 Å². The Hall–Kier alpha value is -1.31. The minimum Gasteiger partial charge on any atom is -0.481 e. The average Bonchev–Trinajstić information content (AvgIpc) is 2.21. The number of aryl methyl sites for hydroxylation is 1. The van der Waals surface area contributed by atoms with Crippen LogP contribution in [0.5, 0.6) is 0 Å². The van der Waals surface area contributed by atoms with Crippen molar-refractivity contribution in [2.75, 3.05) is 0 Å². The molecule has 1 N–H and O–H groups in total. The number of hydrogen-bond donors (Lipinski definition) is 1. The Balaban J connectivity index is 0.000000262. The maximum Gasteiger partial charge on any atom is 0.306 e. The van der Waals surface area contributed by atoms with E-state index in [4.69, 9.17) is 5.11 Å². The van der Waals surface area contributed by atoms with Gasteiger partial charge in [-0.2, -0.15) is 0 Å². The van der Waals surface area contributed by atoms with Crippen LogP contribution in [0.3, 0.4) is 0 Å². The first-order valence-electron chi connectivity index (χ1n) is 5.36. The molecule has 0 bridgehead atoms. The fourth-order valence-corrected chi connectivity index (χ4v) is 1.17. The topological polar surface area (TPSA) is 37.3 Å². The second-order valence-electron chi connectivity index (χ2n) is 3.51. The lowest BCUT2D eigenvalue weighted by Gasteiger charge is -2.02. The quantitative estimate of drug-likeness (QED) is 0.825.